The molecule has 0 unspecified atom stereocenters. The van der Waals surface area contributed by atoms with Gasteiger partial charge in [-0.05, 0) is 60.3 Å². The zero-order chi connectivity index (χ0) is 14.3. The lowest BCUT2D eigenvalue weighted by molar-refractivity contribution is 0.0850. The molecule has 1 amide bonds. The van der Waals surface area contributed by atoms with Crippen LogP contribution in [0.15, 0.2) is 27.6 Å². The summed E-state index contributed by atoms with van der Waals surface area (Å²) in [6.07, 6.45) is 2.98. The minimum Gasteiger partial charge on any atom is -0.347 e. The van der Waals surface area contributed by atoms with E-state index in [-0.39, 0.29) is 16.3 Å². The first kappa shape index (κ1) is 14.5. The van der Waals surface area contributed by atoms with Crippen LogP contribution in [0.2, 0.25) is 0 Å². The van der Waals surface area contributed by atoms with Crippen LogP contribution in [-0.4, -0.2) is 19.9 Å². The molecule has 104 valence electrons. The van der Waals surface area contributed by atoms with Gasteiger partial charge < -0.3 is 5.32 Å². The van der Waals surface area contributed by atoms with Crippen molar-refractivity contribution in [1.29, 1.82) is 0 Å². The van der Waals surface area contributed by atoms with E-state index in [0.29, 0.717) is 10.0 Å². The molecule has 0 radical (unpaired) electrons. The number of halogens is 1. The molecule has 1 saturated carbocycles. The highest BCUT2D eigenvalue weighted by molar-refractivity contribution is 9.10. The number of primary sulfonamides is 1. The molecule has 0 aliphatic heterocycles. The lowest BCUT2D eigenvalue weighted by atomic mass is 9.78. The highest BCUT2D eigenvalue weighted by Crippen LogP contribution is 2.31. The van der Waals surface area contributed by atoms with Crippen LogP contribution in [0.25, 0.3) is 0 Å². The Balaban J connectivity index is 2.28. The lowest BCUT2D eigenvalue weighted by Crippen LogP contribution is -2.50. The van der Waals surface area contributed by atoms with Gasteiger partial charge in [0.2, 0.25) is 10.0 Å². The van der Waals surface area contributed by atoms with Gasteiger partial charge in [0.05, 0.1) is 4.90 Å². The van der Waals surface area contributed by atoms with Gasteiger partial charge in [0.1, 0.15) is 0 Å². The maximum Gasteiger partial charge on any atom is 0.251 e. The van der Waals surface area contributed by atoms with Gasteiger partial charge in [0, 0.05) is 15.6 Å². The molecule has 0 spiro atoms. The van der Waals surface area contributed by atoms with E-state index >= 15 is 0 Å². The first-order valence-corrected chi connectivity index (χ1v) is 8.20. The second-order valence-electron chi connectivity index (χ2n) is 5.06. The standard InChI is InChI=1S/C12H15BrN2O3S/c1-12(5-2-6-12)15-11(16)8-3-4-9(13)10(7-8)19(14,17)18/h3-4,7H,2,5-6H2,1H3,(H,15,16)(H2,14,17,18). The van der Waals surface area contributed by atoms with Gasteiger partial charge in [-0.2, -0.15) is 0 Å². The van der Waals surface area contributed by atoms with Crippen LogP contribution >= 0.6 is 15.9 Å². The molecule has 5 nitrogen and oxygen atoms in total. The Morgan fingerprint density at radius 3 is 2.53 bits per heavy atom. The molecule has 1 aromatic rings. The normalized spacial score (nSPS) is 17.6. The zero-order valence-corrected chi connectivity index (χ0v) is 12.8. The van der Waals surface area contributed by atoms with Crippen LogP contribution in [0, 0.1) is 0 Å². The molecule has 2 rings (SSSR count). The van der Waals surface area contributed by atoms with Crippen molar-refractivity contribution in [2.24, 2.45) is 5.14 Å². The van der Waals surface area contributed by atoms with Crippen molar-refractivity contribution in [2.75, 3.05) is 0 Å². The predicted octanol–water partition coefficient (Wildman–Crippen LogP) is 1.77. The van der Waals surface area contributed by atoms with Gasteiger partial charge in [-0.15, -0.1) is 0 Å². The second-order valence-corrected chi connectivity index (χ2v) is 7.44. The molecule has 1 fully saturated rings. The fourth-order valence-corrected chi connectivity index (χ4v) is 3.60. The smallest absolute Gasteiger partial charge is 0.251 e. The number of sulfonamides is 1. The van der Waals surface area contributed by atoms with Crippen LogP contribution in [0.3, 0.4) is 0 Å². The molecule has 1 aliphatic rings. The van der Waals surface area contributed by atoms with E-state index in [0.717, 1.165) is 19.3 Å². The zero-order valence-electron chi connectivity index (χ0n) is 10.4. The van der Waals surface area contributed by atoms with E-state index in [4.69, 9.17) is 5.14 Å². The van der Waals surface area contributed by atoms with Gasteiger partial charge in [0.25, 0.3) is 5.91 Å². The third-order valence-electron chi connectivity index (χ3n) is 3.37. The molecule has 1 aromatic carbocycles. The van der Waals surface area contributed by atoms with E-state index in [1.807, 2.05) is 6.92 Å². The van der Waals surface area contributed by atoms with E-state index in [1.54, 1.807) is 6.07 Å². The van der Waals surface area contributed by atoms with Gasteiger partial charge >= 0.3 is 0 Å². The van der Waals surface area contributed by atoms with Crippen molar-refractivity contribution in [1.82, 2.24) is 5.32 Å². The van der Waals surface area contributed by atoms with Crippen LogP contribution in [0.1, 0.15) is 36.5 Å². The molecule has 3 N–H and O–H groups in total. The lowest BCUT2D eigenvalue weighted by Gasteiger charge is -2.39. The van der Waals surface area contributed by atoms with E-state index < -0.39 is 10.0 Å². The van der Waals surface area contributed by atoms with E-state index in [9.17, 15) is 13.2 Å². The number of hydrogen-bond donors (Lipinski definition) is 2. The van der Waals surface area contributed by atoms with Crippen molar-refractivity contribution in [2.45, 2.75) is 36.6 Å². The number of benzene rings is 1. The van der Waals surface area contributed by atoms with Crippen LogP contribution in [0.5, 0.6) is 0 Å². The summed E-state index contributed by atoms with van der Waals surface area (Å²) in [6.45, 7) is 1.98. The average Bonchev–Trinajstić information content (AvgIpc) is 2.25. The minimum absolute atomic E-state index is 0.0843. The Hall–Kier alpha value is -0.920. The Labute approximate surface area is 120 Å². The third kappa shape index (κ3) is 3.16. The summed E-state index contributed by atoms with van der Waals surface area (Å²) in [5, 5.41) is 8.02. The summed E-state index contributed by atoms with van der Waals surface area (Å²) >= 11 is 3.11. The molecule has 7 heteroatoms. The van der Waals surface area contributed by atoms with Gasteiger partial charge in [0.15, 0.2) is 0 Å². The van der Waals surface area contributed by atoms with Crippen molar-refractivity contribution >= 4 is 31.9 Å². The Morgan fingerprint density at radius 1 is 1.42 bits per heavy atom. The number of carbonyl (C=O) groups excluding carboxylic acids is 1. The number of amides is 1. The van der Waals surface area contributed by atoms with E-state index in [2.05, 4.69) is 21.2 Å². The molecule has 1 aliphatic carbocycles. The fraction of sp³-hybridized carbons (Fsp3) is 0.417. The second kappa shape index (κ2) is 4.88. The maximum atomic E-state index is 12.1. The summed E-state index contributed by atoms with van der Waals surface area (Å²) in [7, 11) is -3.85. The largest absolute Gasteiger partial charge is 0.347 e. The topological polar surface area (TPSA) is 89.3 Å². The van der Waals surface area contributed by atoms with Crippen molar-refractivity contribution < 1.29 is 13.2 Å². The van der Waals surface area contributed by atoms with Crippen molar-refractivity contribution in [3.63, 3.8) is 0 Å². The highest BCUT2D eigenvalue weighted by Gasteiger charge is 2.33. The SMILES string of the molecule is CC1(NC(=O)c2ccc(Br)c(S(N)(=O)=O)c2)CCC1. The predicted molar refractivity (Wildman–Crippen MR) is 75.2 cm³/mol. The summed E-state index contributed by atoms with van der Waals surface area (Å²) in [4.78, 5) is 12.0. The van der Waals surface area contributed by atoms with Crippen LogP contribution < -0.4 is 10.5 Å². The minimum atomic E-state index is -3.85. The van der Waals surface area contributed by atoms with Gasteiger partial charge in [-0.3, -0.25) is 4.79 Å². The van der Waals surface area contributed by atoms with Gasteiger partial charge in [-0.25, -0.2) is 13.6 Å². The van der Waals surface area contributed by atoms with E-state index in [1.165, 1.54) is 12.1 Å². The number of carbonyl (C=O) groups is 1. The summed E-state index contributed by atoms with van der Waals surface area (Å²) in [6, 6.07) is 4.37. The molecule has 0 saturated heterocycles. The highest BCUT2D eigenvalue weighted by atomic mass is 79.9. The molecular formula is C12H15BrN2O3S. The average molecular weight is 347 g/mol. The molecule has 0 atom stereocenters. The summed E-state index contributed by atoms with van der Waals surface area (Å²) < 4.78 is 23.1. The number of rotatable bonds is 3. The van der Waals surface area contributed by atoms with Crippen molar-refractivity contribution in [3.8, 4) is 0 Å². The molecule has 0 bridgehead atoms. The summed E-state index contributed by atoms with van der Waals surface area (Å²) in [5.41, 5.74) is 0.117. The fourth-order valence-electron chi connectivity index (χ4n) is 2.04. The number of nitrogens with two attached hydrogens (primary N) is 1. The molecule has 0 aromatic heterocycles. The first-order valence-electron chi connectivity index (χ1n) is 5.86. The van der Waals surface area contributed by atoms with Crippen molar-refractivity contribution in [3.05, 3.63) is 28.2 Å². The molecular weight excluding hydrogens is 332 g/mol. The Morgan fingerprint density at radius 2 is 2.05 bits per heavy atom. The first-order chi connectivity index (χ1) is 8.71. The third-order valence-corrected chi connectivity index (χ3v) is 5.28. The molecule has 0 heterocycles. The summed E-state index contributed by atoms with van der Waals surface area (Å²) in [5.74, 6) is -0.278. The Bertz CT molecular complexity index is 624. The number of hydrogen-bond acceptors (Lipinski definition) is 3. The Kier molecular flexibility index (Phi) is 3.72. The maximum absolute atomic E-state index is 12.1. The van der Waals surface area contributed by atoms with Gasteiger partial charge in [-0.1, -0.05) is 0 Å². The van der Waals surface area contributed by atoms with Crippen LogP contribution in [-0.2, 0) is 10.0 Å². The molecule has 19 heavy (non-hydrogen) atoms. The van der Waals surface area contributed by atoms with Crippen LogP contribution in [0.4, 0.5) is 0 Å². The quantitative estimate of drug-likeness (QED) is 0.873. The monoisotopic (exact) mass is 346 g/mol. The number of nitrogens with one attached hydrogen (secondary N) is 1.